The molecule has 1 atom stereocenters. The Labute approximate surface area is 142 Å². The lowest BCUT2D eigenvalue weighted by molar-refractivity contribution is -0.138. The standard InChI is InChI=1S/C18H24N4O2/c1-14-12-16(24-20-14)13-21-8-10-22(11-9-21)17(23)18(2,19)15-6-4-3-5-7-15/h3-7,12H,8-11,13,19H2,1-2H3. The molecule has 0 bridgehead atoms. The zero-order valence-corrected chi connectivity index (χ0v) is 14.2. The summed E-state index contributed by atoms with van der Waals surface area (Å²) >= 11 is 0. The monoisotopic (exact) mass is 328 g/mol. The van der Waals surface area contributed by atoms with Crippen LogP contribution in [0.15, 0.2) is 40.9 Å². The molecule has 3 rings (SSSR count). The summed E-state index contributed by atoms with van der Waals surface area (Å²) in [6, 6.07) is 11.5. The first-order valence-corrected chi connectivity index (χ1v) is 8.25. The molecule has 6 heteroatoms. The van der Waals surface area contributed by atoms with E-state index in [1.165, 1.54) is 0 Å². The summed E-state index contributed by atoms with van der Waals surface area (Å²) in [4.78, 5) is 17.0. The Morgan fingerprint density at radius 2 is 1.92 bits per heavy atom. The molecule has 0 spiro atoms. The molecule has 1 amide bonds. The molecule has 1 aromatic heterocycles. The van der Waals surface area contributed by atoms with Gasteiger partial charge in [0.1, 0.15) is 5.54 Å². The van der Waals surface area contributed by atoms with Gasteiger partial charge in [0.25, 0.3) is 0 Å². The van der Waals surface area contributed by atoms with Crippen molar-refractivity contribution >= 4 is 5.91 Å². The molecular weight excluding hydrogens is 304 g/mol. The molecule has 0 aliphatic carbocycles. The summed E-state index contributed by atoms with van der Waals surface area (Å²) < 4.78 is 5.26. The molecule has 1 unspecified atom stereocenters. The minimum atomic E-state index is -0.995. The van der Waals surface area contributed by atoms with Crippen LogP contribution in [-0.4, -0.2) is 47.0 Å². The molecule has 1 saturated heterocycles. The first-order valence-electron chi connectivity index (χ1n) is 8.25. The van der Waals surface area contributed by atoms with E-state index in [1.54, 1.807) is 6.92 Å². The summed E-state index contributed by atoms with van der Waals surface area (Å²) in [7, 11) is 0. The van der Waals surface area contributed by atoms with E-state index >= 15 is 0 Å². The maximum atomic E-state index is 12.8. The molecule has 2 heterocycles. The number of hydrogen-bond donors (Lipinski definition) is 1. The van der Waals surface area contributed by atoms with Gasteiger partial charge >= 0.3 is 0 Å². The van der Waals surface area contributed by atoms with Crippen LogP contribution in [0.25, 0.3) is 0 Å². The molecule has 1 aliphatic rings. The van der Waals surface area contributed by atoms with Crippen molar-refractivity contribution in [3.63, 3.8) is 0 Å². The Kier molecular flexibility index (Phi) is 4.69. The van der Waals surface area contributed by atoms with E-state index < -0.39 is 5.54 Å². The SMILES string of the molecule is Cc1cc(CN2CCN(C(=O)C(C)(N)c3ccccc3)CC2)on1. The molecular formula is C18H24N4O2. The predicted molar refractivity (Wildman–Crippen MR) is 91.1 cm³/mol. The number of aryl methyl sites for hydroxylation is 1. The van der Waals surface area contributed by atoms with Crippen LogP contribution >= 0.6 is 0 Å². The predicted octanol–water partition coefficient (Wildman–Crippen LogP) is 1.50. The minimum Gasteiger partial charge on any atom is -0.360 e. The van der Waals surface area contributed by atoms with Crippen molar-refractivity contribution in [2.45, 2.75) is 25.9 Å². The molecule has 0 radical (unpaired) electrons. The van der Waals surface area contributed by atoms with Gasteiger partial charge in [-0.25, -0.2) is 0 Å². The fourth-order valence-electron chi connectivity index (χ4n) is 3.06. The lowest BCUT2D eigenvalue weighted by Gasteiger charge is -2.38. The van der Waals surface area contributed by atoms with Gasteiger partial charge in [0.2, 0.25) is 5.91 Å². The molecule has 24 heavy (non-hydrogen) atoms. The third-order valence-electron chi connectivity index (χ3n) is 4.53. The van der Waals surface area contributed by atoms with E-state index in [2.05, 4.69) is 10.1 Å². The molecule has 6 nitrogen and oxygen atoms in total. The number of nitrogens with zero attached hydrogens (tertiary/aromatic N) is 3. The molecule has 1 aliphatic heterocycles. The highest BCUT2D eigenvalue weighted by atomic mass is 16.5. The average molecular weight is 328 g/mol. The molecule has 128 valence electrons. The van der Waals surface area contributed by atoms with Gasteiger partial charge in [-0.2, -0.15) is 0 Å². The van der Waals surface area contributed by atoms with E-state index in [1.807, 2.05) is 48.2 Å². The van der Waals surface area contributed by atoms with Gasteiger partial charge in [0, 0.05) is 32.2 Å². The highest BCUT2D eigenvalue weighted by Gasteiger charge is 2.35. The summed E-state index contributed by atoms with van der Waals surface area (Å²) in [6.45, 7) is 7.37. The van der Waals surface area contributed by atoms with E-state index in [0.717, 1.165) is 36.7 Å². The van der Waals surface area contributed by atoms with Crippen molar-refractivity contribution in [1.29, 1.82) is 0 Å². The Bertz CT molecular complexity index is 688. The fraction of sp³-hybridized carbons (Fsp3) is 0.444. The molecule has 1 aromatic carbocycles. The number of rotatable bonds is 4. The summed E-state index contributed by atoms with van der Waals surface area (Å²) in [5, 5.41) is 3.91. The van der Waals surface area contributed by atoms with Gasteiger partial charge in [-0.15, -0.1) is 0 Å². The van der Waals surface area contributed by atoms with Crippen LogP contribution in [0, 0.1) is 6.92 Å². The van der Waals surface area contributed by atoms with Crippen molar-refractivity contribution in [3.05, 3.63) is 53.4 Å². The lowest BCUT2D eigenvalue weighted by atomic mass is 9.91. The first-order chi connectivity index (χ1) is 11.5. The van der Waals surface area contributed by atoms with Crippen LogP contribution in [0.1, 0.15) is 23.9 Å². The van der Waals surface area contributed by atoms with Gasteiger partial charge in [0.15, 0.2) is 5.76 Å². The Balaban J connectivity index is 1.59. The van der Waals surface area contributed by atoms with Crippen LogP contribution in [0.3, 0.4) is 0 Å². The Morgan fingerprint density at radius 3 is 2.50 bits per heavy atom. The number of hydrogen-bond acceptors (Lipinski definition) is 5. The number of carbonyl (C=O) groups is 1. The van der Waals surface area contributed by atoms with Crippen LogP contribution < -0.4 is 5.73 Å². The largest absolute Gasteiger partial charge is 0.360 e. The van der Waals surface area contributed by atoms with Gasteiger partial charge in [-0.1, -0.05) is 35.5 Å². The Morgan fingerprint density at radius 1 is 1.25 bits per heavy atom. The second kappa shape index (κ2) is 6.75. The minimum absolute atomic E-state index is 0.0242. The van der Waals surface area contributed by atoms with E-state index in [-0.39, 0.29) is 5.91 Å². The normalized spacial score (nSPS) is 18.4. The molecule has 0 saturated carbocycles. The van der Waals surface area contributed by atoms with Gasteiger partial charge in [-0.3, -0.25) is 9.69 Å². The number of benzene rings is 1. The maximum absolute atomic E-state index is 12.8. The molecule has 1 fully saturated rings. The van der Waals surface area contributed by atoms with Crippen LogP contribution in [0.5, 0.6) is 0 Å². The van der Waals surface area contributed by atoms with Gasteiger partial charge in [-0.05, 0) is 19.4 Å². The van der Waals surface area contributed by atoms with Crippen molar-refractivity contribution in [1.82, 2.24) is 15.0 Å². The van der Waals surface area contributed by atoms with E-state index in [4.69, 9.17) is 10.3 Å². The van der Waals surface area contributed by atoms with Crippen molar-refractivity contribution in [3.8, 4) is 0 Å². The van der Waals surface area contributed by atoms with Crippen molar-refractivity contribution < 1.29 is 9.32 Å². The number of piperazine rings is 1. The van der Waals surface area contributed by atoms with E-state index in [9.17, 15) is 4.79 Å². The fourth-order valence-corrected chi connectivity index (χ4v) is 3.06. The number of carbonyl (C=O) groups excluding carboxylic acids is 1. The topological polar surface area (TPSA) is 75.6 Å². The zero-order valence-electron chi connectivity index (χ0n) is 14.2. The highest BCUT2D eigenvalue weighted by Crippen LogP contribution is 2.21. The van der Waals surface area contributed by atoms with Crippen LogP contribution in [0.4, 0.5) is 0 Å². The number of nitrogens with two attached hydrogens (primary N) is 1. The number of amides is 1. The van der Waals surface area contributed by atoms with E-state index in [0.29, 0.717) is 13.1 Å². The Hall–Kier alpha value is -2.18. The maximum Gasteiger partial charge on any atom is 0.247 e. The van der Waals surface area contributed by atoms with Crippen molar-refractivity contribution in [2.24, 2.45) is 5.73 Å². The van der Waals surface area contributed by atoms with Crippen LogP contribution in [-0.2, 0) is 16.9 Å². The second-order valence-corrected chi connectivity index (χ2v) is 6.57. The smallest absolute Gasteiger partial charge is 0.247 e. The zero-order chi connectivity index (χ0) is 17.2. The number of aromatic nitrogens is 1. The van der Waals surface area contributed by atoms with Gasteiger partial charge in [0.05, 0.1) is 12.2 Å². The quantitative estimate of drug-likeness (QED) is 0.920. The van der Waals surface area contributed by atoms with Crippen LogP contribution in [0.2, 0.25) is 0 Å². The average Bonchev–Trinajstić information content (AvgIpc) is 3.00. The first kappa shape index (κ1) is 16.7. The van der Waals surface area contributed by atoms with Gasteiger partial charge < -0.3 is 15.2 Å². The summed E-state index contributed by atoms with van der Waals surface area (Å²) in [6.07, 6.45) is 0. The molecule has 2 N–H and O–H groups in total. The third kappa shape index (κ3) is 3.49. The second-order valence-electron chi connectivity index (χ2n) is 6.57. The highest BCUT2D eigenvalue weighted by molar-refractivity contribution is 5.87. The van der Waals surface area contributed by atoms with Crippen molar-refractivity contribution in [2.75, 3.05) is 26.2 Å². The molecule has 2 aromatic rings. The lowest BCUT2D eigenvalue weighted by Crippen LogP contribution is -2.56. The third-order valence-corrected chi connectivity index (χ3v) is 4.53. The summed E-state index contributed by atoms with van der Waals surface area (Å²) in [5.41, 5.74) is 7.08. The summed E-state index contributed by atoms with van der Waals surface area (Å²) in [5.74, 6) is 0.837.